The van der Waals surface area contributed by atoms with Crippen LogP contribution in [-0.2, 0) is 9.59 Å². The maximum atomic E-state index is 11.4. The maximum Gasteiger partial charge on any atom is 0.335 e. The van der Waals surface area contributed by atoms with Crippen LogP contribution in [0.4, 0.5) is 5.69 Å². The van der Waals surface area contributed by atoms with E-state index >= 15 is 0 Å². The van der Waals surface area contributed by atoms with E-state index in [0.717, 1.165) is 0 Å². The number of ketones is 1. The molecule has 0 saturated heterocycles. The third kappa shape index (κ3) is 3.99. The molecule has 1 rings (SSSR count). The molecule has 0 aromatic heterocycles. The Morgan fingerprint density at radius 3 is 2.53 bits per heavy atom. The van der Waals surface area contributed by atoms with Crippen LogP contribution in [0.3, 0.4) is 0 Å². The molecule has 1 amide bonds. The molecule has 17 heavy (non-hydrogen) atoms. The van der Waals surface area contributed by atoms with Gasteiger partial charge in [-0.2, -0.15) is 0 Å². The molecule has 0 spiro atoms. The number of hydrogen-bond donors (Lipinski definition) is 2. The Bertz CT molecular complexity index is 484. The lowest BCUT2D eigenvalue weighted by Crippen LogP contribution is -2.15. The van der Waals surface area contributed by atoms with Crippen molar-refractivity contribution in [1.29, 1.82) is 0 Å². The highest BCUT2D eigenvalue weighted by atomic mass is 79.9. The quantitative estimate of drug-likeness (QED) is 0.834. The zero-order valence-corrected chi connectivity index (χ0v) is 10.6. The van der Waals surface area contributed by atoms with Crippen molar-refractivity contribution >= 4 is 39.3 Å². The monoisotopic (exact) mass is 299 g/mol. The van der Waals surface area contributed by atoms with Gasteiger partial charge in [0.15, 0.2) is 0 Å². The summed E-state index contributed by atoms with van der Waals surface area (Å²) in [6.07, 6.45) is -0.232. The van der Waals surface area contributed by atoms with Gasteiger partial charge in [-0.25, -0.2) is 4.79 Å². The summed E-state index contributed by atoms with van der Waals surface area (Å²) < 4.78 is 0.555. The van der Waals surface area contributed by atoms with Gasteiger partial charge in [0.05, 0.1) is 17.7 Å². The molecule has 5 nitrogen and oxygen atoms in total. The molecule has 0 aliphatic rings. The highest BCUT2D eigenvalue weighted by Gasteiger charge is 2.10. The molecule has 0 atom stereocenters. The third-order valence-corrected chi connectivity index (χ3v) is 2.59. The van der Waals surface area contributed by atoms with E-state index in [4.69, 9.17) is 5.11 Å². The van der Waals surface area contributed by atoms with E-state index in [0.29, 0.717) is 10.2 Å². The van der Waals surface area contributed by atoms with Gasteiger partial charge in [-0.05, 0) is 41.1 Å². The topological polar surface area (TPSA) is 83.5 Å². The number of anilines is 1. The van der Waals surface area contributed by atoms with Gasteiger partial charge >= 0.3 is 5.97 Å². The minimum atomic E-state index is -1.08. The number of nitrogens with one attached hydrogen (secondary N) is 1. The van der Waals surface area contributed by atoms with Gasteiger partial charge in [-0.1, -0.05) is 0 Å². The van der Waals surface area contributed by atoms with Crippen molar-refractivity contribution in [2.45, 2.75) is 13.3 Å². The van der Waals surface area contributed by atoms with Gasteiger partial charge in [0.2, 0.25) is 5.91 Å². The SMILES string of the molecule is CC(=O)CC(=O)Nc1cc(C(=O)O)ccc1Br. The number of rotatable bonds is 4. The van der Waals surface area contributed by atoms with Gasteiger partial charge in [-0.15, -0.1) is 0 Å². The Morgan fingerprint density at radius 1 is 1.35 bits per heavy atom. The zero-order chi connectivity index (χ0) is 13.0. The number of carbonyl (C=O) groups excluding carboxylic acids is 2. The lowest BCUT2D eigenvalue weighted by atomic mass is 10.2. The average molecular weight is 300 g/mol. The van der Waals surface area contributed by atoms with Crippen molar-refractivity contribution in [3.63, 3.8) is 0 Å². The predicted octanol–water partition coefficient (Wildman–Crippen LogP) is 2.06. The minimum Gasteiger partial charge on any atom is -0.478 e. The second kappa shape index (κ2) is 5.58. The number of carboxylic acids is 1. The van der Waals surface area contributed by atoms with Gasteiger partial charge in [0, 0.05) is 4.47 Å². The normalized spacial score (nSPS) is 9.76. The smallest absolute Gasteiger partial charge is 0.335 e. The molecule has 1 aromatic rings. The highest BCUT2D eigenvalue weighted by Crippen LogP contribution is 2.23. The van der Waals surface area contributed by atoms with Crippen molar-refractivity contribution in [2.75, 3.05) is 5.32 Å². The standard InChI is InChI=1S/C11H10BrNO4/c1-6(14)4-10(15)13-9-5-7(11(16)17)2-3-8(9)12/h2-3,5H,4H2,1H3,(H,13,15)(H,16,17). The summed E-state index contributed by atoms with van der Waals surface area (Å²) in [5, 5.41) is 11.3. The predicted molar refractivity (Wildman–Crippen MR) is 65.0 cm³/mol. The summed E-state index contributed by atoms with van der Waals surface area (Å²) in [6, 6.07) is 4.25. The van der Waals surface area contributed by atoms with E-state index in [1.165, 1.54) is 25.1 Å². The third-order valence-electron chi connectivity index (χ3n) is 1.90. The molecule has 2 N–H and O–H groups in total. The molecule has 0 unspecified atom stereocenters. The van der Waals surface area contributed by atoms with Gasteiger partial charge in [0.1, 0.15) is 5.78 Å². The largest absolute Gasteiger partial charge is 0.478 e. The van der Waals surface area contributed by atoms with Crippen molar-refractivity contribution in [1.82, 2.24) is 0 Å². The first-order chi connectivity index (χ1) is 7.90. The fourth-order valence-corrected chi connectivity index (χ4v) is 1.52. The van der Waals surface area contributed by atoms with Gasteiger partial charge in [-0.3, -0.25) is 9.59 Å². The van der Waals surface area contributed by atoms with Crippen LogP contribution in [0.5, 0.6) is 0 Å². The zero-order valence-electron chi connectivity index (χ0n) is 8.99. The molecule has 1 aromatic carbocycles. The Morgan fingerprint density at radius 2 is 2.00 bits per heavy atom. The first kappa shape index (κ1) is 13.4. The molecular weight excluding hydrogens is 290 g/mol. The summed E-state index contributed by atoms with van der Waals surface area (Å²) in [5.41, 5.74) is 0.391. The van der Waals surface area contributed by atoms with E-state index in [1.807, 2.05) is 0 Å². The average Bonchev–Trinajstić information content (AvgIpc) is 2.19. The maximum absolute atomic E-state index is 11.4. The Balaban J connectivity index is 2.90. The van der Waals surface area contributed by atoms with Crippen LogP contribution < -0.4 is 5.32 Å². The van der Waals surface area contributed by atoms with Gasteiger partial charge in [0.25, 0.3) is 0 Å². The van der Waals surface area contributed by atoms with Crippen LogP contribution in [0.25, 0.3) is 0 Å². The number of Topliss-reactive ketones (excluding diaryl/α,β-unsaturated/α-hetero) is 1. The number of hydrogen-bond acceptors (Lipinski definition) is 3. The minimum absolute atomic E-state index is 0.0614. The molecule has 90 valence electrons. The lowest BCUT2D eigenvalue weighted by Gasteiger charge is -2.07. The fraction of sp³-hybridized carbons (Fsp3) is 0.182. The molecule has 0 heterocycles. The van der Waals surface area contributed by atoms with Crippen molar-refractivity contribution in [3.8, 4) is 0 Å². The van der Waals surface area contributed by atoms with Crippen molar-refractivity contribution < 1.29 is 19.5 Å². The fourth-order valence-electron chi connectivity index (χ4n) is 1.17. The summed E-state index contributed by atoms with van der Waals surface area (Å²) >= 11 is 3.18. The second-order valence-corrected chi connectivity index (χ2v) is 4.28. The number of carbonyl (C=O) groups is 3. The lowest BCUT2D eigenvalue weighted by molar-refractivity contribution is -0.124. The first-order valence-electron chi connectivity index (χ1n) is 4.72. The van der Waals surface area contributed by atoms with E-state index in [1.54, 1.807) is 0 Å². The molecule has 0 saturated carbocycles. The van der Waals surface area contributed by atoms with E-state index in [-0.39, 0.29) is 17.8 Å². The second-order valence-electron chi connectivity index (χ2n) is 3.43. The molecule has 0 aliphatic carbocycles. The van der Waals surface area contributed by atoms with E-state index in [9.17, 15) is 14.4 Å². The van der Waals surface area contributed by atoms with Crippen LogP contribution in [0, 0.1) is 0 Å². The molecule has 0 fully saturated rings. The van der Waals surface area contributed by atoms with Crippen molar-refractivity contribution in [3.05, 3.63) is 28.2 Å². The molecular formula is C11H10BrNO4. The number of benzene rings is 1. The highest BCUT2D eigenvalue weighted by molar-refractivity contribution is 9.10. The first-order valence-corrected chi connectivity index (χ1v) is 5.51. The summed E-state index contributed by atoms with van der Waals surface area (Å²) in [5.74, 6) is -1.81. The Hall–Kier alpha value is -1.69. The Kier molecular flexibility index (Phi) is 4.39. The molecule has 0 bridgehead atoms. The van der Waals surface area contributed by atoms with Crippen LogP contribution in [0.1, 0.15) is 23.7 Å². The number of halogens is 1. The summed E-state index contributed by atoms with van der Waals surface area (Å²) in [6.45, 7) is 1.31. The van der Waals surface area contributed by atoms with E-state index < -0.39 is 11.9 Å². The van der Waals surface area contributed by atoms with Crippen LogP contribution >= 0.6 is 15.9 Å². The number of aromatic carboxylic acids is 1. The molecule has 6 heteroatoms. The molecule has 0 radical (unpaired) electrons. The summed E-state index contributed by atoms with van der Waals surface area (Å²) in [4.78, 5) is 32.8. The Labute approximate surface area is 106 Å². The van der Waals surface area contributed by atoms with Crippen LogP contribution in [-0.4, -0.2) is 22.8 Å². The van der Waals surface area contributed by atoms with Gasteiger partial charge < -0.3 is 10.4 Å². The summed E-state index contributed by atoms with van der Waals surface area (Å²) in [7, 11) is 0. The van der Waals surface area contributed by atoms with E-state index in [2.05, 4.69) is 21.2 Å². The number of amides is 1. The molecule has 0 aliphatic heterocycles. The number of carboxylic acid groups (broad SMARTS) is 1. The van der Waals surface area contributed by atoms with Crippen LogP contribution in [0.15, 0.2) is 22.7 Å². The van der Waals surface area contributed by atoms with Crippen LogP contribution in [0.2, 0.25) is 0 Å². The van der Waals surface area contributed by atoms with Crippen molar-refractivity contribution in [2.24, 2.45) is 0 Å².